The van der Waals surface area contributed by atoms with E-state index in [2.05, 4.69) is 15.1 Å². The smallest absolute Gasteiger partial charge is 0.230 e. The van der Waals surface area contributed by atoms with Crippen molar-refractivity contribution in [2.75, 3.05) is 19.7 Å². The van der Waals surface area contributed by atoms with Crippen LogP contribution in [0, 0.1) is 0 Å². The second kappa shape index (κ2) is 5.34. The normalized spacial score (nSPS) is 24.3. The molecule has 6 nitrogen and oxygen atoms in total. The maximum Gasteiger partial charge on any atom is 0.230 e. The third kappa shape index (κ3) is 3.28. The number of nitrogens with zero attached hydrogens (tertiary/aromatic N) is 3. The van der Waals surface area contributed by atoms with Gasteiger partial charge in [0.05, 0.1) is 24.9 Å². The summed E-state index contributed by atoms with van der Waals surface area (Å²) in [6, 6.07) is 0. The Morgan fingerprint density at radius 2 is 2.11 bits per heavy atom. The van der Waals surface area contributed by atoms with Gasteiger partial charge >= 0.3 is 0 Å². The zero-order valence-electron chi connectivity index (χ0n) is 11.2. The monoisotopic (exact) mass is 255 g/mol. The minimum atomic E-state index is -0.265. The molecule has 0 aromatic carbocycles. The molecule has 1 aromatic heterocycles. The lowest BCUT2D eigenvalue weighted by molar-refractivity contribution is -0.151. The van der Waals surface area contributed by atoms with Gasteiger partial charge in [-0.2, -0.15) is 0 Å². The highest BCUT2D eigenvalue weighted by Gasteiger charge is 2.33. The van der Waals surface area contributed by atoms with Crippen LogP contribution in [0.3, 0.4) is 0 Å². The standard InChI is InChI=1S/C12H21N3O3/c1-4-10-13-14-11(17-10)6-15-5-9(7-16)18-12(2,3)8-15/h9,16H,4-8H2,1-3H3. The predicted molar refractivity (Wildman–Crippen MR) is 65.0 cm³/mol. The number of aliphatic hydroxyl groups is 1. The average molecular weight is 255 g/mol. The molecular weight excluding hydrogens is 234 g/mol. The molecule has 2 heterocycles. The van der Waals surface area contributed by atoms with Crippen molar-refractivity contribution < 1.29 is 14.3 Å². The van der Waals surface area contributed by atoms with Crippen molar-refractivity contribution in [3.8, 4) is 0 Å². The molecule has 2 rings (SSSR count). The molecule has 0 radical (unpaired) electrons. The number of aliphatic hydroxyl groups excluding tert-OH is 1. The molecule has 1 aliphatic rings. The van der Waals surface area contributed by atoms with E-state index in [1.807, 2.05) is 20.8 Å². The van der Waals surface area contributed by atoms with Crippen LogP contribution in [0.2, 0.25) is 0 Å². The zero-order valence-corrected chi connectivity index (χ0v) is 11.2. The number of hydrogen-bond donors (Lipinski definition) is 1. The topological polar surface area (TPSA) is 71.6 Å². The lowest BCUT2D eigenvalue weighted by atomic mass is 10.1. The van der Waals surface area contributed by atoms with Crippen molar-refractivity contribution >= 4 is 0 Å². The first-order chi connectivity index (χ1) is 8.52. The fourth-order valence-corrected chi connectivity index (χ4v) is 2.32. The lowest BCUT2D eigenvalue weighted by Crippen LogP contribution is -2.53. The van der Waals surface area contributed by atoms with E-state index in [0.29, 0.717) is 24.9 Å². The van der Waals surface area contributed by atoms with Crippen LogP contribution < -0.4 is 0 Å². The lowest BCUT2D eigenvalue weighted by Gasteiger charge is -2.41. The van der Waals surface area contributed by atoms with Crippen LogP contribution in [0.5, 0.6) is 0 Å². The van der Waals surface area contributed by atoms with E-state index in [4.69, 9.17) is 9.15 Å². The van der Waals surface area contributed by atoms with E-state index < -0.39 is 0 Å². The Bertz CT molecular complexity index is 392. The highest BCUT2D eigenvalue weighted by molar-refractivity contribution is 4.88. The van der Waals surface area contributed by atoms with E-state index in [1.54, 1.807) is 0 Å². The Morgan fingerprint density at radius 3 is 2.72 bits per heavy atom. The summed E-state index contributed by atoms with van der Waals surface area (Å²) in [5, 5.41) is 17.2. The SMILES string of the molecule is CCc1nnc(CN2CC(CO)OC(C)(C)C2)o1. The number of ether oxygens (including phenoxy) is 1. The zero-order chi connectivity index (χ0) is 13.2. The number of hydrogen-bond acceptors (Lipinski definition) is 6. The van der Waals surface area contributed by atoms with E-state index in [0.717, 1.165) is 13.0 Å². The summed E-state index contributed by atoms with van der Waals surface area (Å²) in [5.41, 5.74) is -0.265. The third-order valence-electron chi connectivity index (χ3n) is 2.93. The molecule has 6 heteroatoms. The van der Waals surface area contributed by atoms with Crippen LogP contribution in [0.15, 0.2) is 4.42 Å². The Kier molecular flexibility index (Phi) is 3.99. The van der Waals surface area contributed by atoms with Crippen molar-refractivity contribution in [3.63, 3.8) is 0 Å². The summed E-state index contributed by atoms with van der Waals surface area (Å²) in [7, 11) is 0. The second-order valence-electron chi connectivity index (χ2n) is 5.29. The molecule has 1 aliphatic heterocycles. The summed E-state index contributed by atoms with van der Waals surface area (Å²) in [5.74, 6) is 1.29. The first-order valence-corrected chi connectivity index (χ1v) is 6.34. The highest BCUT2D eigenvalue weighted by atomic mass is 16.5. The predicted octanol–water partition coefficient (Wildman–Crippen LogP) is 0.604. The maximum absolute atomic E-state index is 9.25. The van der Waals surface area contributed by atoms with Crippen LogP contribution in [0.1, 0.15) is 32.6 Å². The highest BCUT2D eigenvalue weighted by Crippen LogP contribution is 2.22. The van der Waals surface area contributed by atoms with E-state index in [-0.39, 0.29) is 18.3 Å². The van der Waals surface area contributed by atoms with Gasteiger partial charge < -0.3 is 14.3 Å². The largest absolute Gasteiger partial charge is 0.424 e. The third-order valence-corrected chi connectivity index (χ3v) is 2.93. The van der Waals surface area contributed by atoms with Crippen LogP contribution in [0.4, 0.5) is 0 Å². The maximum atomic E-state index is 9.25. The van der Waals surface area contributed by atoms with Gasteiger partial charge in [0, 0.05) is 19.5 Å². The first kappa shape index (κ1) is 13.5. The fraction of sp³-hybridized carbons (Fsp3) is 0.833. The summed E-state index contributed by atoms with van der Waals surface area (Å²) in [6.45, 7) is 8.13. The molecule has 0 aliphatic carbocycles. The molecule has 1 N–H and O–H groups in total. The van der Waals surface area contributed by atoms with Crippen molar-refractivity contribution in [3.05, 3.63) is 11.8 Å². The number of aromatic nitrogens is 2. The molecule has 0 amide bonds. The Hall–Kier alpha value is -0.980. The van der Waals surface area contributed by atoms with Gasteiger partial charge in [-0.05, 0) is 13.8 Å². The van der Waals surface area contributed by atoms with Gasteiger partial charge in [0.15, 0.2) is 0 Å². The summed E-state index contributed by atoms with van der Waals surface area (Å²) < 4.78 is 11.3. The van der Waals surface area contributed by atoms with Crippen molar-refractivity contribution in [2.24, 2.45) is 0 Å². The van der Waals surface area contributed by atoms with Crippen LogP contribution in [-0.4, -0.2) is 51.6 Å². The van der Waals surface area contributed by atoms with Crippen LogP contribution >= 0.6 is 0 Å². The van der Waals surface area contributed by atoms with Gasteiger partial charge in [-0.1, -0.05) is 6.92 Å². The fourth-order valence-electron chi connectivity index (χ4n) is 2.32. The molecule has 0 saturated carbocycles. The van der Waals surface area contributed by atoms with Crippen LogP contribution in [0.25, 0.3) is 0 Å². The van der Waals surface area contributed by atoms with E-state index in [1.165, 1.54) is 0 Å². The van der Waals surface area contributed by atoms with Gasteiger partial charge in [-0.3, -0.25) is 4.90 Å². The summed E-state index contributed by atoms with van der Waals surface area (Å²) >= 11 is 0. The van der Waals surface area contributed by atoms with Gasteiger partial charge in [0.1, 0.15) is 0 Å². The molecule has 102 valence electrons. The summed E-state index contributed by atoms with van der Waals surface area (Å²) in [6.07, 6.45) is 0.600. The molecule has 1 atom stereocenters. The number of aryl methyl sites for hydroxylation is 1. The van der Waals surface area contributed by atoms with Gasteiger partial charge in [0.25, 0.3) is 0 Å². The number of rotatable bonds is 4. The molecule has 1 saturated heterocycles. The second-order valence-corrected chi connectivity index (χ2v) is 5.29. The molecule has 0 bridgehead atoms. The van der Waals surface area contributed by atoms with Gasteiger partial charge in [0.2, 0.25) is 11.8 Å². The molecule has 1 unspecified atom stereocenters. The van der Waals surface area contributed by atoms with Crippen LogP contribution in [-0.2, 0) is 17.7 Å². The Morgan fingerprint density at radius 1 is 1.39 bits per heavy atom. The minimum Gasteiger partial charge on any atom is -0.424 e. The molecular formula is C12H21N3O3. The Labute approximate surface area is 107 Å². The van der Waals surface area contributed by atoms with Crippen molar-refractivity contribution in [1.82, 2.24) is 15.1 Å². The molecule has 1 aromatic rings. The average Bonchev–Trinajstić information content (AvgIpc) is 2.74. The molecule has 18 heavy (non-hydrogen) atoms. The molecule has 0 spiro atoms. The van der Waals surface area contributed by atoms with E-state index in [9.17, 15) is 5.11 Å². The number of morpholine rings is 1. The quantitative estimate of drug-likeness (QED) is 0.849. The van der Waals surface area contributed by atoms with Crippen molar-refractivity contribution in [2.45, 2.75) is 45.4 Å². The summed E-state index contributed by atoms with van der Waals surface area (Å²) in [4.78, 5) is 2.18. The van der Waals surface area contributed by atoms with Gasteiger partial charge in [-0.25, -0.2) is 0 Å². The molecule has 1 fully saturated rings. The van der Waals surface area contributed by atoms with E-state index >= 15 is 0 Å². The minimum absolute atomic E-state index is 0.0317. The Balaban J connectivity index is 1.99. The van der Waals surface area contributed by atoms with Crippen molar-refractivity contribution in [1.29, 1.82) is 0 Å². The first-order valence-electron chi connectivity index (χ1n) is 6.34. The van der Waals surface area contributed by atoms with Gasteiger partial charge in [-0.15, -0.1) is 10.2 Å².